The monoisotopic (exact) mass is 351 g/mol. The minimum absolute atomic E-state index is 0.117. The largest absolute Gasteiger partial charge is 0.324 e. The van der Waals surface area contributed by atoms with Crippen LogP contribution in [0.15, 0.2) is 64.9 Å². The number of anilines is 1. The fourth-order valence-electron chi connectivity index (χ4n) is 1.75. The van der Waals surface area contributed by atoms with Gasteiger partial charge in [-0.25, -0.2) is 8.78 Å². The lowest BCUT2D eigenvalue weighted by Gasteiger charge is -2.10. The van der Waals surface area contributed by atoms with E-state index in [0.717, 1.165) is 40.2 Å². The molecule has 23 heavy (non-hydrogen) atoms. The van der Waals surface area contributed by atoms with Crippen LogP contribution in [0.25, 0.3) is 0 Å². The molecule has 120 valence electrons. The van der Waals surface area contributed by atoms with Crippen molar-refractivity contribution >= 4 is 35.1 Å². The molecule has 0 radical (unpaired) electrons. The Labute approximate surface area is 142 Å². The van der Waals surface area contributed by atoms with E-state index in [4.69, 9.17) is 0 Å². The van der Waals surface area contributed by atoms with Crippen molar-refractivity contribution in [2.75, 3.05) is 16.8 Å². The lowest BCUT2D eigenvalue weighted by atomic mass is 10.3. The van der Waals surface area contributed by atoms with Crippen LogP contribution >= 0.6 is 23.5 Å². The molecule has 0 heterocycles. The predicted molar refractivity (Wildman–Crippen MR) is 93.1 cm³/mol. The standard InChI is InChI=1S/C17H15F2NOS2/c1-2-9-22-16-6-4-3-5-15(16)20-17(21)11-23-12-7-8-13(18)14(19)10-12/h2-8,10H,1,9,11H2,(H,20,21). The van der Waals surface area contributed by atoms with Gasteiger partial charge in [0, 0.05) is 15.5 Å². The number of rotatable bonds is 7. The average Bonchev–Trinajstić information content (AvgIpc) is 2.55. The van der Waals surface area contributed by atoms with E-state index < -0.39 is 11.6 Å². The lowest BCUT2D eigenvalue weighted by molar-refractivity contribution is -0.113. The fourth-order valence-corrected chi connectivity index (χ4v) is 3.21. The van der Waals surface area contributed by atoms with Crippen LogP contribution in [0.2, 0.25) is 0 Å². The van der Waals surface area contributed by atoms with Crippen LogP contribution < -0.4 is 5.32 Å². The van der Waals surface area contributed by atoms with Crippen LogP contribution in [0, 0.1) is 11.6 Å². The number of hydrogen-bond acceptors (Lipinski definition) is 3. The summed E-state index contributed by atoms with van der Waals surface area (Å²) in [7, 11) is 0. The summed E-state index contributed by atoms with van der Waals surface area (Å²) in [4.78, 5) is 13.5. The molecule has 0 aromatic heterocycles. The third-order valence-corrected chi connectivity index (χ3v) is 4.84. The van der Waals surface area contributed by atoms with Gasteiger partial charge in [0.15, 0.2) is 11.6 Å². The Morgan fingerprint density at radius 1 is 1.13 bits per heavy atom. The summed E-state index contributed by atoms with van der Waals surface area (Å²) in [5, 5.41) is 2.83. The number of halogens is 2. The Kier molecular flexibility index (Phi) is 6.67. The van der Waals surface area contributed by atoms with Gasteiger partial charge in [-0.1, -0.05) is 18.2 Å². The Morgan fingerprint density at radius 2 is 1.91 bits per heavy atom. The highest BCUT2D eigenvalue weighted by atomic mass is 32.2. The van der Waals surface area contributed by atoms with E-state index in [-0.39, 0.29) is 11.7 Å². The van der Waals surface area contributed by atoms with Crippen molar-refractivity contribution in [3.05, 3.63) is 66.8 Å². The van der Waals surface area contributed by atoms with E-state index in [1.54, 1.807) is 17.8 Å². The van der Waals surface area contributed by atoms with Gasteiger partial charge >= 0.3 is 0 Å². The zero-order valence-corrected chi connectivity index (χ0v) is 13.9. The molecular formula is C17H15F2NOS2. The molecule has 0 fully saturated rings. The van der Waals surface area contributed by atoms with Crippen LogP contribution in [0.1, 0.15) is 0 Å². The maximum absolute atomic E-state index is 13.1. The Morgan fingerprint density at radius 3 is 2.65 bits per heavy atom. The van der Waals surface area contributed by atoms with Gasteiger partial charge in [-0.15, -0.1) is 30.1 Å². The highest BCUT2D eigenvalue weighted by molar-refractivity contribution is 8.00. The normalized spacial score (nSPS) is 10.3. The van der Waals surface area contributed by atoms with Gasteiger partial charge in [0.05, 0.1) is 11.4 Å². The number of benzene rings is 2. The van der Waals surface area contributed by atoms with Gasteiger partial charge in [-0.2, -0.15) is 0 Å². The molecule has 1 amide bonds. The van der Waals surface area contributed by atoms with E-state index in [1.807, 2.05) is 24.3 Å². The molecule has 2 nitrogen and oxygen atoms in total. The van der Waals surface area contributed by atoms with Crippen molar-refractivity contribution in [1.82, 2.24) is 0 Å². The van der Waals surface area contributed by atoms with Gasteiger partial charge in [0.2, 0.25) is 5.91 Å². The zero-order chi connectivity index (χ0) is 16.7. The number of carbonyl (C=O) groups is 1. The van der Waals surface area contributed by atoms with Crippen molar-refractivity contribution in [3.63, 3.8) is 0 Å². The molecule has 0 aliphatic carbocycles. The van der Waals surface area contributed by atoms with Crippen molar-refractivity contribution < 1.29 is 13.6 Å². The number of para-hydroxylation sites is 1. The molecular weight excluding hydrogens is 336 g/mol. The first-order chi connectivity index (χ1) is 11.1. The summed E-state index contributed by atoms with van der Waals surface area (Å²) in [6.07, 6.45) is 1.79. The number of nitrogens with one attached hydrogen (secondary N) is 1. The van der Waals surface area contributed by atoms with Gasteiger partial charge in [0.25, 0.3) is 0 Å². The van der Waals surface area contributed by atoms with Crippen molar-refractivity contribution in [2.45, 2.75) is 9.79 Å². The third kappa shape index (κ3) is 5.41. The maximum atomic E-state index is 13.1. The Balaban J connectivity index is 1.94. The molecule has 0 saturated carbocycles. The third-order valence-electron chi connectivity index (χ3n) is 2.78. The highest BCUT2D eigenvalue weighted by Gasteiger charge is 2.09. The van der Waals surface area contributed by atoms with E-state index in [9.17, 15) is 13.6 Å². The van der Waals surface area contributed by atoms with Gasteiger partial charge in [-0.3, -0.25) is 4.79 Å². The number of carbonyl (C=O) groups excluding carboxylic acids is 1. The fraction of sp³-hybridized carbons (Fsp3) is 0.118. The van der Waals surface area contributed by atoms with Crippen LogP contribution in [0.5, 0.6) is 0 Å². The molecule has 2 aromatic carbocycles. The van der Waals surface area contributed by atoms with Gasteiger partial charge in [0.1, 0.15) is 0 Å². The first-order valence-corrected chi connectivity index (χ1v) is 8.77. The molecule has 0 aliphatic rings. The van der Waals surface area contributed by atoms with E-state index >= 15 is 0 Å². The van der Waals surface area contributed by atoms with Crippen molar-refractivity contribution in [2.24, 2.45) is 0 Å². The molecule has 0 aliphatic heterocycles. The number of hydrogen-bond donors (Lipinski definition) is 1. The minimum Gasteiger partial charge on any atom is -0.324 e. The molecule has 0 atom stereocenters. The first kappa shape index (κ1) is 17.6. The molecule has 0 bridgehead atoms. The quantitative estimate of drug-likeness (QED) is 0.564. The molecule has 6 heteroatoms. The van der Waals surface area contributed by atoms with Crippen LogP contribution in [-0.4, -0.2) is 17.4 Å². The van der Waals surface area contributed by atoms with Crippen LogP contribution in [-0.2, 0) is 4.79 Å². The molecule has 2 rings (SSSR count). The number of thioether (sulfide) groups is 2. The SMILES string of the molecule is C=CCSc1ccccc1NC(=O)CSc1ccc(F)c(F)c1. The molecule has 0 spiro atoms. The second-order valence-corrected chi connectivity index (χ2v) is 6.62. The topological polar surface area (TPSA) is 29.1 Å². The second kappa shape index (κ2) is 8.74. The molecule has 0 unspecified atom stereocenters. The first-order valence-electron chi connectivity index (χ1n) is 6.80. The van der Waals surface area contributed by atoms with E-state index in [2.05, 4.69) is 11.9 Å². The van der Waals surface area contributed by atoms with Crippen molar-refractivity contribution in [1.29, 1.82) is 0 Å². The number of amides is 1. The van der Waals surface area contributed by atoms with E-state index in [1.165, 1.54) is 6.07 Å². The Bertz CT molecular complexity index is 707. The molecule has 2 aromatic rings. The lowest BCUT2D eigenvalue weighted by Crippen LogP contribution is -2.14. The summed E-state index contributed by atoms with van der Waals surface area (Å²) in [5.41, 5.74) is 0.732. The summed E-state index contributed by atoms with van der Waals surface area (Å²) in [6, 6.07) is 11.1. The highest BCUT2D eigenvalue weighted by Crippen LogP contribution is 2.27. The summed E-state index contributed by atoms with van der Waals surface area (Å²) in [5.74, 6) is -1.15. The minimum atomic E-state index is -0.915. The smallest absolute Gasteiger partial charge is 0.234 e. The predicted octanol–water partition coefficient (Wildman–Crippen LogP) is 4.97. The maximum Gasteiger partial charge on any atom is 0.234 e. The van der Waals surface area contributed by atoms with Crippen molar-refractivity contribution in [3.8, 4) is 0 Å². The summed E-state index contributed by atoms with van der Waals surface area (Å²) >= 11 is 2.73. The summed E-state index contributed by atoms with van der Waals surface area (Å²) < 4.78 is 26.0. The average molecular weight is 351 g/mol. The zero-order valence-electron chi connectivity index (χ0n) is 12.2. The second-order valence-electron chi connectivity index (χ2n) is 4.51. The molecule has 0 saturated heterocycles. The van der Waals surface area contributed by atoms with Crippen LogP contribution in [0.4, 0.5) is 14.5 Å². The Hall–Kier alpha value is -1.79. The van der Waals surface area contributed by atoms with E-state index in [0.29, 0.717) is 4.90 Å². The summed E-state index contributed by atoms with van der Waals surface area (Å²) in [6.45, 7) is 3.67. The van der Waals surface area contributed by atoms with Crippen LogP contribution in [0.3, 0.4) is 0 Å². The molecule has 1 N–H and O–H groups in total. The van der Waals surface area contributed by atoms with Gasteiger partial charge in [-0.05, 0) is 30.3 Å². The van der Waals surface area contributed by atoms with Gasteiger partial charge < -0.3 is 5.32 Å².